The Bertz CT molecular complexity index is 648. The third kappa shape index (κ3) is 4.01. The van der Waals surface area contributed by atoms with Gasteiger partial charge < -0.3 is 15.0 Å². The summed E-state index contributed by atoms with van der Waals surface area (Å²) in [5, 5.41) is 12.5. The molecular formula is C18H24N4O2. The number of carboxylic acids is 1. The second-order valence-electron chi connectivity index (χ2n) is 6.30. The molecule has 24 heavy (non-hydrogen) atoms. The van der Waals surface area contributed by atoms with Crippen LogP contribution in [0.5, 0.6) is 0 Å². The first-order valence-electron chi connectivity index (χ1n) is 8.42. The van der Waals surface area contributed by atoms with Crippen molar-refractivity contribution in [2.45, 2.75) is 38.4 Å². The number of aromatic nitrogens is 2. The monoisotopic (exact) mass is 328 g/mol. The summed E-state index contributed by atoms with van der Waals surface area (Å²) < 4.78 is 1.98. The molecule has 0 aliphatic heterocycles. The highest BCUT2D eigenvalue weighted by molar-refractivity contribution is 5.69. The fourth-order valence-corrected chi connectivity index (χ4v) is 3.19. The van der Waals surface area contributed by atoms with Gasteiger partial charge in [0.2, 0.25) is 0 Å². The van der Waals surface area contributed by atoms with Crippen LogP contribution in [0.3, 0.4) is 0 Å². The molecular weight excluding hydrogens is 304 g/mol. The van der Waals surface area contributed by atoms with Gasteiger partial charge in [0.1, 0.15) is 0 Å². The molecule has 0 spiro atoms. The van der Waals surface area contributed by atoms with Gasteiger partial charge in [-0.25, -0.2) is 4.98 Å². The summed E-state index contributed by atoms with van der Waals surface area (Å²) >= 11 is 0. The number of carbonyl (C=O) groups is 1. The minimum atomic E-state index is -0.744. The average molecular weight is 328 g/mol. The van der Waals surface area contributed by atoms with Crippen LogP contribution in [-0.2, 0) is 11.3 Å². The number of likely N-dealkylation sites (N-methyl/N-ethyl adjacent to an activating group) is 1. The quantitative estimate of drug-likeness (QED) is 0.774. The molecule has 6 nitrogen and oxygen atoms in total. The molecule has 0 amide bonds. The molecule has 6 heteroatoms. The Morgan fingerprint density at radius 3 is 2.71 bits per heavy atom. The minimum absolute atomic E-state index is 0.142. The molecule has 1 fully saturated rings. The van der Waals surface area contributed by atoms with Crippen molar-refractivity contribution in [3.63, 3.8) is 0 Å². The van der Waals surface area contributed by atoms with Gasteiger partial charge in [-0.15, -0.1) is 0 Å². The Kier molecular flexibility index (Phi) is 5.27. The second kappa shape index (κ2) is 7.59. The van der Waals surface area contributed by atoms with Gasteiger partial charge in [0, 0.05) is 36.7 Å². The van der Waals surface area contributed by atoms with Crippen LogP contribution in [0.15, 0.2) is 43.0 Å². The number of hydrogen-bond acceptors (Lipinski definition) is 4. The molecule has 1 aliphatic rings. The number of rotatable bonds is 8. The first kappa shape index (κ1) is 16.7. The van der Waals surface area contributed by atoms with Gasteiger partial charge in [0.25, 0.3) is 0 Å². The van der Waals surface area contributed by atoms with Crippen LogP contribution in [0.2, 0.25) is 0 Å². The largest absolute Gasteiger partial charge is 0.480 e. The zero-order chi connectivity index (χ0) is 16.9. The Hall–Kier alpha value is -2.18. The van der Waals surface area contributed by atoms with E-state index in [4.69, 9.17) is 5.11 Å². The lowest BCUT2D eigenvalue weighted by Crippen LogP contribution is -2.53. The van der Waals surface area contributed by atoms with Gasteiger partial charge in [0.05, 0.1) is 12.9 Å². The maximum absolute atomic E-state index is 10.9. The zero-order valence-corrected chi connectivity index (χ0v) is 13.9. The predicted octanol–water partition coefficient (Wildman–Crippen LogP) is 1.90. The standard InChI is InChI=1S/C18H24N4O2/c1-2-21(12-18(23)24)17-9-15(10-17)20-11-14-3-5-16(6-4-14)22-8-7-19-13-22/h3-8,13,15,17,20H,2,9-12H2,1H3,(H,23,24). The number of aliphatic carboxylic acids is 1. The summed E-state index contributed by atoms with van der Waals surface area (Å²) in [5.74, 6) is -0.744. The fourth-order valence-electron chi connectivity index (χ4n) is 3.19. The second-order valence-corrected chi connectivity index (χ2v) is 6.30. The van der Waals surface area contributed by atoms with Gasteiger partial charge in [-0.3, -0.25) is 9.69 Å². The van der Waals surface area contributed by atoms with Crippen LogP contribution < -0.4 is 5.32 Å². The topological polar surface area (TPSA) is 70.4 Å². The molecule has 128 valence electrons. The molecule has 0 bridgehead atoms. The Labute approximate surface area is 142 Å². The number of imidazole rings is 1. The molecule has 1 heterocycles. The van der Waals surface area contributed by atoms with E-state index in [-0.39, 0.29) is 6.54 Å². The van der Waals surface area contributed by atoms with Gasteiger partial charge in [-0.05, 0) is 37.1 Å². The van der Waals surface area contributed by atoms with E-state index in [2.05, 4.69) is 34.6 Å². The predicted molar refractivity (Wildman–Crippen MR) is 92.1 cm³/mol. The number of carboxylic acid groups (broad SMARTS) is 1. The summed E-state index contributed by atoms with van der Waals surface area (Å²) in [6, 6.07) is 9.31. The molecule has 0 atom stereocenters. The minimum Gasteiger partial charge on any atom is -0.480 e. The van der Waals surface area contributed by atoms with Crippen LogP contribution in [0.1, 0.15) is 25.3 Å². The van der Waals surface area contributed by atoms with Gasteiger partial charge in [-0.2, -0.15) is 0 Å². The van der Waals surface area contributed by atoms with E-state index < -0.39 is 5.97 Å². The van der Waals surface area contributed by atoms with E-state index in [1.54, 1.807) is 12.5 Å². The molecule has 2 N–H and O–H groups in total. The van der Waals surface area contributed by atoms with E-state index in [9.17, 15) is 4.79 Å². The molecule has 2 aromatic rings. The van der Waals surface area contributed by atoms with Crippen LogP contribution in [0.25, 0.3) is 5.69 Å². The highest BCUT2D eigenvalue weighted by Crippen LogP contribution is 2.25. The smallest absolute Gasteiger partial charge is 0.317 e. The van der Waals surface area contributed by atoms with Crippen molar-refractivity contribution in [1.29, 1.82) is 0 Å². The van der Waals surface area contributed by atoms with E-state index in [1.807, 2.05) is 22.6 Å². The maximum Gasteiger partial charge on any atom is 0.317 e. The summed E-state index contributed by atoms with van der Waals surface area (Å²) in [5.41, 5.74) is 2.35. The molecule has 0 radical (unpaired) electrons. The molecule has 0 saturated heterocycles. The number of hydrogen-bond donors (Lipinski definition) is 2. The van der Waals surface area contributed by atoms with E-state index in [0.29, 0.717) is 12.1 Å². The molecule has 0 unspecified atom stereocenters. The first-order chi connectivity index (χ1) is 11.7. The van der Waals surface area contributed by atoms with Crippen molar-refractivity contribution >= 4 is 5.97 Å². The van der Waals surface area contributed by atoms with Crippen molar-refractivity contribution in [3.8, 4) is 5.69 Å². The zero-order valence-electron chi connectivity index (χ0n) is 13.9. The average Bonchev–Trinajstić information content (AvgIpc) is 3.06. The molecule has 1 aliphatic carbocycles. The summed E-state index contributed by atoms with van der Waals surface area (Å²) in [6.45, 7) is 3.79. The molecule has 1 aromatic carbocycles. The van der Waals surface area contributed by atoms with E-state index in [0.717, 1.165) is 31.6 Å². The van der Waals surface area contributed by atoms with Gasteiger partial charge >= 0.3 is 5.97 Å². The van der Waals surface area contributed by atoms with Gasteiger partial charge in [0.15, 0.2) is 0 Å². The summed E-state index contributed by atoms with van der Waals surface area (Å²) in [4.78, 5) is 17.0. The summed E-state index contributed by atoms with van der Waals surface area (Å²) in [6.07, 6.45) is 7.53. The molecule has 3 rings (SSSR count). The Morgan fingerprint density at radius 2 is 2.12 bits per heavy atom. The van der Waals surface area contributed by atoms with Crippen LogP contribution in [0, 0.1) is 0 Å². The van der Waals surface area contributed by atoms with Crippen molar-refractivity contribution < 1.29 is 9.90 Å². The first-order valence-corrected chi connectivity index (χ1v) is 8.42. The lowest BCUT2D eigenvalue weighted by atomic mass is 9.85. The van der Waals surface area contributed by atoms with E-state index >= 15 is 0 Å². The normalized spacial score (nSPS) is 20.1. The summed E-state index contributed by atoms with van der Waals surface area (Å²) in [7, 11) is 0. The van der Waals surface area contributed by atoms with Crippen LogP contribution in [-0.4, -0.2) is 50.7 Å². The highest BCUT2D eigenvalue weighted by atomic mass is 16.4. The van der Waals surface area contributed by atoms with Crippen LogP contribution in [0.4, 0.5) is 0 Å². The van der Waals surface area contributed by atoms with Crippen molar-refractivity contribution in [2.75, 3.05) is 13.1 Å². The van der Waals surface area contributed by atoms with Crippen LogP contribution >= 0.6 is 0 Å². The SMILES string of the molecule is CCN(CC(=O)O)C1CC(NCc2ccc(-n3ccnc3)cc2)C1. The van der Waals surface area contributed by atoms with E-state index in [1.165, 1.54) is 5.56 Å². The molecule has 1 saturated carbocycles. The lowest BCUT2D eigenvalue weighted by Gasteiger charge is -2.42. The Balaban J connectivity index is 1.43. The Morgan fingerprint density at radius 1 is 1.38 bits per heavy atom. The number of nitrogens with zero attached hydrogens (tertiary/aromatic N) is 3. The lowest BCUT2D eigenvalue weighted by molar-refractivity contribution is -0.139. The third-order valence-corrected chi connectivity index (χ3v) is 4.71. The maximum atomic E-state index is 10.9. The van der Waals surface area contributed by atoms with Crippen molar-refractivity contribution in [2.24, 2.45) is 0 Å². The number of nitrogens with one attached hydrogen (secondary N) is 1. The molecule has 1 aromatic heterocycles. The highest BCUT2D eigenvalue weighted by Gasteiger charge is 2.33. The van der Waals surface area contributed by atoms with Gasteiger partial charge in [-0.1, -0.05) is 19.1 Å². The number of benzene rings is 1. The van der Waals surface area contributed by atoms with Crippen molar-refractivity contribution in [3.05, 3.63) is 48.5 Å². The third-order valence-electron chi connectivity index (χ3n) is 4.71. The fraction of sp³-hybridized carbons (Fsp3) is 0.444. The van der Waals surface area contributed by atoms with Crippen molar-refractivity contribution in [1.82, 2.24) is 19.8 Å².